The Morgan fingerprint density at radius 3 is 2.42 bits per heavy atom. The van der Waals surface area contributed by atoms with Crippen LogP contribution in [0.1, 0.15) is 39.5 Å². The molecule has 1 aliphatic carbocycles. The standard InChI is InChI=1S/C16H33N3/c1-16(2)9-6-13(15(16)17-3)12-19(5)14-7-10-18(4)11-8-14/h13-15,17H,6-12H2,1-5H3. The molecule has 112 valence electrons. The molecule has 2 rings (SSSR count). The van der Waals surface area contributed by atoms with Gasteiger partial charge in [0.25, 0.3) is 0 Å². The van der Waals surface area contributed by atoms with Gasteiger partial charge in [-0.1, -0.05) is 13.8 Å². The van der Waals surface area contributed by atoms with Crippen LogP contribution in [0.25, 0.3) is 0 Å². The summed E-state index contributed by atoms with van der Waals surface area (Å²) in [6, 6.07) is 1.48. The summed E-state index contributed by atoms with van der Waals surface area (Å²) in [5.41, 5.74) is 0.465. The second-order valence-corrected chi connectivity index (χ2v) is 7.53. The Morgan fingerprint density at radius 2 is 1.84 bits per heavy atom. The van der Waals surface area contributed by atoms with Crippen molar-refractivity contribution in [1.29, 1.82) is 0 Å². The Labute approximate surface area is 119 Å². The molecule has 1 saturated heterocycles. The summed E-state index contributed by atoms with van der Waals surface area (Å²) < 4.78 is 0. The second kappa shape index (κ2) is 6.11. The van der Waals surface area contributed by atoms with E-state index in [2.05, 4.69) is 50.1 Å². The molecule has 2 fully saturated rings. The first-order valence-corrected chi connectivity index (χ1v) is 8.00. The molecule has 0 aromatic heterocycles. The van der Waals surface area contributed by atoms with Crippen molar-refractivity contribution in [3.63, 3.8) is 0 Å². The van der Waals surface area contributed by atoms with Crippen LogP contribution in [-0.4, -0.2) is 62.7 Å². The molecule has 1 N–H and O–H groups in total. The molecule has 0 amide bonds. The van der Waals surface area contributed by atoms with Crippen LogP contribution in [0, 0.1) is 11.3 Å². The quantitative estimate of drug-likeness (QED) is 0.841. The van der Waals surface area contributed by atoms with Crippen LogP contribution < -0.4 is 5.32 Å². The molecule has 1 aliphatic heterocycles. The second-order valence-electron chi connectivity index (χ2n) is 7.53. The van der Waals surface area contributed by atoms with Gasteiger partial charge < -0.3 is 15.1 Å². The van der Waals surface area contributed by atoms with Gasteiger partial charge >= 0.3 is 0 Å². The Kier molecular flexibility index (Phi) is 4.91. The Bertz CT molecular complexity index is 282. The van der Waals surface area contributed by atoms with E-state index in [1.807, 2.05) is 0 Å². The zero-order chi connectivity index (χ0) is 14.0. The number of likely N-dealkylation sites (tertiary alicyclic amines) is 1. The lowest BCUT2D eigenvalue weighted by molar-refractivity contribution is 0.119. The lowest BCUT2D eigenvalue weighted by Crippen LogP contribution is -2.47. The highest BCUT2D eigenvalue weighted by molar-refractivity contribution is 4.96. The average Bonchev–Trinajstić information content (AvgIpc) is 2.64. The molecule has 0 spiro atoms. The van der Waals surface area contributed by atoms with E-state index < -0.39 is 0 Å². The highest BCUT2D eigenvalue weighted by Crippen LogP contribution is 2.41. The van der Waals surface area contributed by atoms with Crippen LogP contribution in [0.5, 0.6) is 0 Å². The zero-order valence-corrected chi connectivity index (χ0v) is 13.6. The van der Waals surface area contributed by atoms with Gasteiger partial charge in [-0.15, -0.1) is 0 Å². The molecule has 2 aliphatic rings. The van der Waals surface area contributed by atoms with Gasteiger partial charge in [0.2, 0.25) is 0 Å². The number of nitrogens with zero attached hydrogens (tertiary/aromatic N) is 2. The molecule has 2 unspecified atom stereocenters. The van der Waals surface area contributed by atoms with Crippen molar-refractivity contribution in [2.24, 2.45) is 11.3 Å². The van der Waals surface area contributed by atoms with Crippen molar-refractivity contribution in [3.8, 4) is 0 Å². The summed E-state index contributed by atoms with van der Waals surface area (Å²) in [6.07, 6.45) is 5.43. The van der Waals surface area contributed by atoms with Crippen LogP contribution in [-0.2, 0) is 0 Å². The normalized spacial score (nSPS) is 33.2. The topological polar surface area (TPSA) is 18.5 Å². The van der Waals surface area contributed by atoms with Crippen molar-refractivity contribution in [2.75, 3.05) is 40.8 Å². The third kappa shape index (κ3) is 3.50. The molecule has 3 heteroatoms. The molecule has 3 nitrogen and oxygen atoms in total. The van der Waals surface area contributed by atoms with E-state index in [0.29, 0.717) is 11.5 Å². The molecule has 0 radical (unpaired) electrons. The third-order valence-electron chi connectivity index (χ3n) is 5.62. The number of rotatable bonds is 4. The minimum atomic E-state index is 0.465. The van der Waals surface area contributed by atoms with Crippen molar-refractivity contribution in [2.45, 2.75) is 51.6 Å². The fourth-order valence-corrected chi connectivity index (χ4v) is 4.30. The maximum Gasteiger partial charge on any atom is 0.0156 e. The predicted octanol–water partition coefficient (Wildman–Crippen LogP) is 2.04. The minimum absolute atomic E-state index is 0.465. The number of hydrogen-bond acceptors (Lipinski definition) is 3. The van der Waals surface area contributed by atoms with E-state index in [0.717, 1.165) is 12.0 Å². The van der Waals surface area contributed by atoms with Crippen LogP contribution >= 0.6 is 0 Å². The summed E-state index contributed by atoms with van der Waals surface area (Å²) in [5.74, 6) is 0.824. The fraction of sp³-hybridized carbons (Fsp3) is 1.00. The maximum absolute atomic E-state index is 3.58. The van der Waals surface area contributed by atoms with E-state index in [4.69, 9.17) is 0 Å². The van der Waals surface area contributed by atoms with Crippen LogP contribution in [0.3, 0.4) is 0 Å². The van der Waals surface area contributed by atoms with Crippen LogP contribution in [0.4, 0.5) is 0 Å². The molecular weight excluding hydrogens is 234 g/mol. The molecule has 0 aromatic carbocycles. The van der Waals surface area contributed by atoms with Gasteiger partial charge in [-0.3, -0.25) is 0 Å². The first-order chi connectivity index (χ1) is 8.94. The average molecular weight is 267 g/mol. The maximum atomic E-state index is 3.58. The first kappa shape index (κ1) is 15.3. The Morgan fingerprint density at radius 1 is 1.21 bits per heavy atom. The number of hydrogen-bond donors (Lipinski definition) is 1. The first-order valence-electron chi connectivity index (χ1n) is 8.00. The van der Waals surface area contributed by atoms with Crippen molar-refractivity contribution in [3.05, 3.63) is 0 Å². The molecule has 1 saturated carbocycles. The van der Waals surface area contributed by atoms with Crippen molar-refractivity contribution in [1.82, 2.24) is 15.1 Å². The fourth-order valence-electron chi connectivity index (χ4n) is 4.30. The number of nitrogens with one attached hydrogen (secondary N) is 1. The smallest absolute Gasteiger partial charge is 0.0156 e. The summed E-state index contributed by atoms with van der Waals surface area (Å²) in [6.45, 7) is 8.64. The molecule has 2 atom stereocenters. The van der Waals surface area contributed by atoms with Crippen LogP contribution in [0.2, 0.25) is 0 Å². The molecule has 0 aromatic rings. The summed E-state index contributed by atoms with van der Waals surface area (Å²) in [7, 11) is 6.72. The van der Waals surface area contributed by atoms with Crippen LogP contribution in [0.15, 0.2) is 0 Å². The molecule has 1 heterocycles. The van der Waals surface area contributed by atoms with Gasteiger partial charge in [0.1, 0.15) is 0 Å². The lowest BCUT2D eigenvalue weighted by atomic mass is 9.84. The van der Waals surface area contributed by atoms with Gasteiger partial charge in [-0.25, -0.2) is 0 Å². The monoisotopic (exact) mass is 267 g/mol. The summed E-state index contributed by atoms with van der Waals surface area (Å²) >= 11 is 0. The SMILES string of the molecule is CNC1C(CN(C)C2CCN(C)CC2)CCC1(C)C. The van der Waals surface area contributed by atoms with Crippen molar-refractivity contribution >= 4 is 0 Å². The zero-order valence-electron chi connectivity index (χ0n) is 13.6. The minimum Gasteiger partial charge on any atom is -0.316 e. The summed E-state index contributed by atoms with van der Waals surface area (Å²) in [4.78, 5) is 5.10. The Hall–Kier alpha value is -0.120. The van der Waals surface area contributed by atoms with Gasteiger partial charge in [-0.2, -0.15) is 0 Å². The van der Waals surface area contributed by atoms with E-state index in [1.54, 1.807) is 0 Å². The van der Waals surface area contributed by atoms with Gasteiger partial charge in [0, 0.05) is 18.6 Å². The molecular formula is C16H33N3. The van der Waals surface area contributed by atoms with Crippen molar-refractivity contribution < 1.29 is 0 Å². The van der Waals surface area contributed by atoms with Gasteiger partial charge in [0.05, 0.1) is 0 Å². The lowest BCUT2D eigenvalue weighted by Gasteiger charge is -2.38. The predicted molar refractivity (Wildman–Crippen MR) is 82.5 cm³/mol. The highest BCUT2D eigenvalue weighted by Gasteiger charge is 2.41. The summed E-state index contributed by atoms with van der Waals surface area (Å²) in [5, 5.41) is 3.58. The third-order valence-corrected chi connectivity index (χ3v) is 5.62. The van der Waals surface area contributed by atoms with E-state index in [1.165, 1.54) is 45.3 Å². The Balaban J connectivity index is 1.87. The molecule has 0 bridgehead atoms. The van der Waals surface area contributed by atoms with E-state index in [-0.39, 0.29) is 0 Å². The van der Waals surface area contributed by atoms with E-state index in [9.17, 15) is 0 Å². The number of piperidine rings is 1. The highest BCUT2D eigenvalue weighted by atomic mass is 15.2. The van der Waals surface area contributed by atoms with Gasteiger partial charge in [-0.05, 0) is 71.2 Å². The molecule has 19 heavy (non-hydrogen) atoms. The largest absolute Gasteiger partial charge is 0.316 e. The van der Waals surface area contributed by atoms with Gasteiger partial charge in [0.15, 0.2) is 0 Å². The van der Waals surface area contributed by atoms with E-state index >= 15 is 0 Å².